The molecule has 0 aromatic heterocycles. The fourth-order valence-corrected chi connectivity index (χ4v) is 2.20. The van der Waals surface area contributed by atoms with Crippen LogP contribution in [-0.2, 0) is 11.3 Å². The van der Waals surface area contributed by atoms with Crippen molar-refractivity contribution in [3.8, 4) is 11.5 Å². The second kappa shape index (κ2) is 8.99. The molecule has 0 aliphatic carbocycles. The van der Waals surface area contributed by atoms with Crippen molar-refractivity contribution < 1.29 is 19.0 Å². The van der Waals surface area contributed by atoms with Gasteiger partial charge in [0.25, 0.3) is 0 Å². The first kappa shape index (κ1) is 17.9. The van der Waals surface area contributed by atoms with E-state index in [0.29, 0.717) is 35.3 Å². The summed E-state index contributed by atoms with van der Waals surface area (Å²) in [6, 6.07) is 12.4. The highest BCUT2D eigenvalue weighted by molar-refractivity contribution is 6.31. The third-order valence-corrected chi connectivity index (χ3v) is 3.52. The van der Waals surface area contributed by atoms with Gasteiger partial charge in [-0.1, -0.05) is 42.5 Å². The summed E-state index contributed by atoms with van der Waals surface area (Å²) in [4.78, 5) is 11.9. The lowest BCUT2D eigenvalue weighted by Crippen LogP contribution is -2.06. The van der Waals surface area contributed by atoms with E-state index in [1.807, 2.05) is 31.2 Å². The summed E-state index contributed by atoms with van der Waals surface area (Å²) in [6.45, 7) is 6.29. The molecule has 0 bridgehead atoms. The van der Waals surface area contributed by atoms with Crippen molar-refractivity contribution in [1.29, 1.82) is 0 Å². The van der Waals surface area contributed by atoms with Gasteiger partial charge in [0.15, 0.2) is 11.5 Å². The fraction of sp³-hybridized carbons (Fsp3) is 0.211. The molecule has 0 aliphatic heterocycles. The Bertz CT molecular complexity index is 712. The standard InChI is InChI=1S/C19H19ClO4/c1-3-11-23-19(21)14-9-10-17(18(12-14)22-4-2)24-13-15-7-5-6-8-16(15)20/h3,5-10,12H,1,4,11,13H2,2H3. The minimum Gasteiger partial charge on any atom is -0.490 e. The van der Waals surface area contributed by atoms with E-state index in [1.165, 1.54) is 6.08 Å². The summed E-state index contributed by atoms with van der Waals surface area (Å²) in [7, 11) is 0. The lowest BCUT2D eigenvalue weighted by atomic mass is 10.2. The van der Waals surface area contributed by atoms with Gasteiger partial charge in [0.05, 0.1) is 12.2 Å². The number of rotatable bonds is 8. The van der Waals surface area contributed by atoms with Crippen LogP contribution >= 0.6 is 11.6 Å². The first-order valence-corrected chi connectivity index (χ1v) is 7.94. The van der Waals surface area contributed by atoms with Gasteiger partial charge >= 0.3 is 5.97 Å². The number of ether oxygens (including phenoxy) is 3. The highest BCUT2D eigenvalue weighted by Gasteiger charge is 2.13. The molecular formula is C19H19ClO4. The first-order chi connectivity index (χ1) is 11.7. The summed E-state index contributed by atoms with van der Waals surface area (Å²) in [5.74, 6) is 0.586. The van der Waals surface area contributed by atoms with Crippen LogP contribution in [0, 0.1) is 0 Å². The first-order valence-electron chi connectivity index (χ1n) is 7.56. The smallest absolute Gasteiger partial charge is 0.338 e. The topological polar surface area (TPSA) is 44.8 Å². The van der Waals surface area contributed by atoms with Crippen LogP contribution < -0.4 is 9.47 Å². The van der Waals surface area contributed by atoms with E-state index < -0.39 is 5.97 Å². The maximum absolute atomic E-state index is 11.9. The molecule has 0 saturated heterocycles. The van der Waals surface area contributed by atoms with Gasteiger partial charge in [-0.05, 0) is 31.2 Å². The van der Waals surface area contributed by atoms with Gasteiger partial charge < -0.3 is 14.2 Å². The Morgan fingerprint density at radius 2 is 1.96 bits per heavy atom. The molecule has 126 valence electrons. The molecular weight excluding hydrogens is 328 g/mol. The Hall–Kier alpha value is -2.46. The highest BCUT2D eigenvalue weighted by Crippen LogP contribution is 2.30. The number of hydrogen-bond acceptors (Lipinski definition) is 4. The molecule has 0 aliphatic rings. The predicted molar refractivity (Wildman–Crippen MR) is 93.9 cm³/mol. The van der Waals surface area contributed by atoms with Crippen molar-refractivity contribution in [1.82, 2.24) is 0 Å². The van der Waals surface area contributed by atoms with Crippen LogP contribution in [0.1, 0.15) is 22.8 Å². The molecule has 0 N–H and O–H groups in total. The summed E-state index contributed by atoms with van der Waals surface area (Å²) < 4.78 is 16.4. The molecule has 0 saturated carbocycles. The van der Waals surface area contributed by atoms with Gasteiger partial charge in [-0.25, -0.2) is 4.79 Å². The molecule has 0 unspecified atom stereocenters. The number of benzene rings is 2. The number of carbonyl (C=O) groups is 1. The van der Waals surface area contributed by atoms with E-state index in [0.717, 1.165) is 5.56 Å². The van der Waals surface area contributed by atoms with E-state index in [2.05, 4.69) is 6.58 Å². The van der Waals surface area contributed by atoms with E-state index in [9.17, 15) is 4.79 Å². The van der Waals surface area contributed by atoms with Crippen molar-refractivity contribution in [2.45, 2.75) is 13.5 Å². The molecule has 0 radical (unpaired) electrons. The second-order valence-corrected chi connectivity index (χ2v) is 5.27. The predicted octanol–water partition coefficient (Wildman–Crippen LogP) is 4.66. The van der Waals surface area contributed by atoms with Crippen LogP contribution in [0.4, 0.5) is 0 Å². The van der Waals surface area contributed by atoms with Crippen molar-refractivity contribution in [2.24, 2.45) is 0 Å². The molecule has 0 spiro atoms. The van der Waals surface area contributed by atoms with Gasteiger partial charge in [-0.2, -0.15) is 0 Å². The normalized spacial score (nSPS) is 10.1. The van der Waals surface area contributed by atoms with Gasteiger partial charge in [0, 0.05) is 10.6 Å². The van der Waals surface area contributed by atoms with Crippen LogP contribution in [0.3, 0.4) is 0 Å². The Morgan fingerprint density at radius 1 is 1.17 bits per heavy atom. The van der Waals surface area contributed by atoms with Gasteiger partial charge in [0.2, 0.25) is 0 Å². The lowest BCUT2D eigenvalue weighted by molar-refractivity contribution is 0.0549. The minimum absolute atomic E-state index is 0.160. The molecule has 5 heteroatoms. The second-order valence-electron chi connectivity index (χ2n) is 4.86. The average Bonchev–Trinajstić information content (AvgIpc) is 2.60. The fourth-order valence-electron chi connectivity index (χ4n) is 2.01. The van der Waals surface area contributed by atoms with Crippen LogP contribution in [-0.4, -0.2) is 19.2 Å². The lowest BCUT2D eigenvalue weighted by Gasteiger charge is -2.13. The van der Waals surface area contributed by atoms with Crippen LogP contribution in [0.2, 0.25) is 5.02 Å². The van der Waals surface area contributed by atoms with Crippen molar-refractivity contribution in [3.63, 3.8) is 0 Å². The van der Waals surface area contributed by atoms with E-state index >= 15 is 0 Å². The van der Waals surface area contributed by atoms with Gasteiger partial charge in [0.1, 0.15) is 13.2 Å². The number of halogens is 1. The van der Waals surface area contributed by atoms with Crippen LogP contribution in [0.25, 0.3) is 0 Å². The summed E-state index contributed by atoms with van der Waals surface area (Å²) >= 11 is 6.13. The SMILES string of the molecule is C=CCOC(=O)c1ccc(OCc2ccccc2Cl)c(OCC)c1. The van der Waals surface area contributed by atoms with Crippen molar-refractivity contribution in [2.75, 3.05) is 13.2 Å². The van der Waals surface area contributed by atoms with E-state index in [1.54, 1.807) is 18.2 Å². The Kier molecular flexibility index (Phi) is 6.70. The molecule has 0 atom stereocenters. The molecule has 2 aromatic carbocycles. The summed E-state index contributed by atoms with van der Waals surface area (Å²) in [5.41, 5.74) is 1.27. The maximum atomic E-state index is 11.9. The number of carbonyl (C=O) groups excluding carboxylic acids is 1. The molecule has 2 rings (SSSR count). The maximum Gasteiger partial charge on any atom is 0.338 e. The zero-order valence-electron chi connectivity index (χ0n) is 13.5. The van der Waals surface area contributed by atoms with Crippen LogP contribution in [0.5, 0.6) is 11.5 Å². The van der Waals surface area contributed by atoms with Crippen molar-refractivity contribution >= 4 is 17.6 Å². The Balaban J connectivity index is 2.15. The van der Waals surface area contributed by atoms with Gasteiger partial charge in [-0.3, -0.25) is 0 Å². The minimum atomic E-state index is -0.437. The Labute approximate surface area is 146 Å². The monoisotopic (exact) mass is 346 g/mol. The molecule has 0 amide bonds. The molecule has 0 fully saturated rings. The summed E-state index contributed by atoms with van der Waals surface area (Å²) in [5, 5.41) is 0.639. The van der Waals surface area contributed by atoms with E-state index in [4.69, 9.17) is 25.8 Å². The third-order valence-electron chi connectivity index (χ3n) is 3.15. The highest BCUT2D eigenvalue weighted by atomic mass is 35.5. The largest absolute Gasteiger partial charge is 0.490 e. The Morgan fingerprint density at radius 3 is 2.67 bits per heavy atom. The number of esters is 1. The molecule has 0 heterocycles. The number of hydrogen-bond donors (Lipinski definition) is 0. The quantitative estimate of drug-likeness (QED) is 0.515. The van der Waals surface area contributed by atoms with E-state index in [-0.39, 0.29) is 6.61 Å². The molecule has 24 heavy (non-hydrogen) atoms. The average molecular weight is 347 g/mol. The summed E-state index contributed by atoms with van der Waals surface area (Å²) in [6.07, 6.45) is 1.52. The molecule has 2 aromatic rings. The van der Waals surface area contributed by atoms with Gasteiger partial charge in [-0.15, -0.1) is 0 Å². The third kappa shape index (κ3) is 4.77. The van der Waals surface area contributed by atoms with Crippen molar-refractivity contribution in [3.05, 3.63) is 71.3 Å². The molecule has 4 nitrogen and oxygen atoms in total. The van der Waals surface area contributed by atoms with Crippen LogP contribution in [0.15, 0.2) is 55.1 Å². The zero-order valence-corrected chi connectivity index (χ0v) is 14.2. The zero-order chi connectivity index (χ0) is 17.4.